The first kappa shape index (κ1) is 14.1. The first-order valence-electron chi connectivity index (χ1n) is 5.48. The van der Waals surface area contributed by atoms with Crippen LogP contribution in [-0.4, -0.2) is 32.9 Å². The summed E-state index contributed by atoms with van der Waals surface area (Å²) in [4.78, 5) is 11.6. The molecule has 0 radical (unpaired) electrons. The van der Waals surface area contributed by atoms with E-state index in [0.29, 0.717) is 30.2 Å². The summed E-state index contributed by atoms with van der Waals surface area (Å²) in [7, 11) is 1.54. The summed E-state index contributed by atoms with van der Waals surface area (Å²) in [5.41, 5.74) is 6.53. The van der Waals surface area contributed by atoms with Crippen LogP contribution in [0.2, 0.25) is 0 Å². The zero-order valence-corrected chi connectivity index (χ0v) is 10.3. The quantitative estimate of drug-likeness (QED) is 0.345. The molecule has 5 heteroatoms. The predicted octanol–water partition coefficient (Wildman–Crippen LogP) is 1.64. The second kappa shape index (κ2) is 7.34. The van der Waals surface area contributed by atoms with E-state index in [1.54, 1.807) is 18.2 Å². The maximum atomic E-state index is 11.6. The first-order valence-corrected chi connectivity index (χ1v) is 5.48. The summed E-state index contributed by atoms with van der Waals surface area (Å²) in [5.74, 6) is 0.0809. The molecule has 1 aromatic carbocycles. The Labute approximate surface area is 106 Å². The summed E-state index contributed by atoms with van der Waals surface area (Å²) in [6.45, 7) is 4.48. The minimum Gasteiger partial charge on any atom is -0.487 e. The third-order valence-electron chi connectivity index (χ3n) is 2.12. The van der Waals surface area contributed by atoms with Crippen molar-refractivity contribution in [3.05, 3.63) is 36.4 Å². The SMILES string of the molecule is C=CCOc1ccc(C(=O)OCCOC)cc1N. The molecule has 18 heavy (non-hydrogen) atoms. The second-order valence-corrected chi connectivity index (χ2v) is 3.48. The van der Waals surface area contributed by atoms with Gasteiger partial charge in [0.1, 0.15) is 19.0 Å². The third-order valence-corrected chi connectivity index (χ3v) is 2.12. The zero-order valence-electron chi connectivity index (χ0n) is 10.3. The number of benzene rings is 1. The molecule has 0 unspecified atom stereocenters. The normalized spacial score (nSPS) is 9.83. The highest BCUT2D eigenvalue weighted by Crippen LogP contribution is 2.22. The van der Waals surface area contributed by atoms with Gasteiger partial charge in [-0.2, -0.15) is 0 Å². The van der Waals surface area contributed by atoms with Gasteiger partial charge in [-0.15, -0.1) is 0 Å². The maximum absolute atomic E-state index is 11.6. The molecule has 0 aliphatic rings. The Morgan fingerprint density at radius 2 is 2.22 bits per heavy atom. The van der Waals surface area contributed by atoms with E-state index in [1.807, 2.05) is 0 Å². The molecule has 0 aromatic heterocycles. The fourth-order valence-electron chi connectivity index (χ4n) is 1.26. The summed E-state index contributed by atoms with van der Waals surface area (Å²) in [6, 6.07) is 4.75. The molecular formula is C13H17NO4. The van der Waals surface area contributed by atoms with Crippen LogP contribution in [0.15, 0.2) is 30.9 Å². The number of rotatable bonds is 7. The molecule has 5 nitrogen and oxygen atoms in total. The van der Waals surface area contributed by atoms with Crippen LogP contribution < -0.4 is 10.5 Å². The van der Waals surface area contributed by atoms with E-state index < -0.39 is 5.97 Å². The van der Waals surface area contributed by atoms with Crippen LogP contribution in [-0.2, 0) is 9.47 Å². The van der Waals surface area contributed by atoms with Gasteiger partial charge in [-0.25, -0.2) is 4.79 Å². The van der Waals surface area contributed by atoms with Crippen LogP contribution in [0.3, 0.4) is 0 Å². The molecule has 0 spiro atoms. The van der Waals surface area contributed by atoms with Gasteiger partial charge in [-0.3, -0.25) is 0 Å². The van der Waals surface area contributed by atoms with Crippen molar-refractivity contribution in [1.82, 2.24) is 0 Å². The lowest BCUT2D eigenvalue weighted by molar-refractivity contribution is 0.0388. The summed E-state index contributed by atoms with van der Waals surface area (Å²) < 4.78 is 15.1. The molecule has 0 saturated carbocycles. The number of nitrogen functional groups attached to an aromatic ring is 1. The molecule has 0 fully saturated rings. The van der Waals surface area contributed by atoms with Gasteiger partial charge in [0.15, 0.2) is 0 Å². The van der Waals surface area contributed by atoms with E-state index >= 15 is 0 Å². The summed E-state index contributed by atoms with van der Waals surface area (Å²) in [6.07, 6.45) is 1.62. The summed E-state index contributed by atoms with van der Waals surface area (Å²) >= 11 is 0. The van der Waals surface area contributed by atoms with Crippen molar-refractivity contribution in [2.24, 2.45) is 0 Å². The van der Waals surface area contributed by atoms with Crippen molar-refractivity contribution in [2.45, 2.75) is 0 Å². The third kappa shape index (κ3) is 4.10. The first-order chi connectivity index (χ1) is 8.69. The van der Waals surface area contributed by atoms with Crippen molar-refractivity contribution in [1.29, 1.82) is 0 Å². The smallest absolute Gasteiger partial charge is 0.338 e. The van der Waals surface area contributed by atoms with Gasteiger partial charge in [0.25, 0.3) is 0 Å². The predicted molar refractivity (Wildman–Crippen MR) is 68.7 cm³/mol. The number of methoxy groups -OCH3 is 1. The number of hydrogen-bond donors (Lipinski definition) is 1. The molecule has 0 amide bonds. The largest absolute Gasteiger partial charge is 0.487 e. The van der Waals surface area contributed by atoms with Gasteiger partial charge in [0.05, 0.1) is 17.9 Å². The van der Waals surface area contributed by atoms with E-state index in [2.05, 4.69) is 6.58 Å². The van der Waals surface area contributed by atoms with Crippen molar-refractivity contribution in [3.8, 4) is 5.75 Å². The fourth-order valence-corrected chi connectivity index (χ4v) is 1.26. The number of anilines is 1. The van der Waals surface area contributed by atoms with Gasteiger partial charge in [-0.05, 0) is 18.2 Å². The van der Waals surface area contributed by atoms with Crippen LogP contribution in [0.25, 0.3) is 0 Å². The topological polar surface area (TPSA) is 70.8 Å². The van der Waals surface area contributed by atoms with Crippen molar-refractivity contribution >= 4 is 11.7 Å². The molecule has 2 N–H and O–H groups in total. The van der Waals surface area contributed by atoms with E-state index in [1.165, 1.54) is 13.2 Å². The maximum Gasteiger partial charge on any atom is 0.338 e. The Morgan fingerprint density at radius 3 is 2.83 bits per heavy atom. The van der Waals surface area contributed by atoms with Gasteiger partial charge >= 0.3 is 5.97 Å². The number of nitrogens with two attached hydrogens (primary N) is 1. The lowest BCUT2D eigenvalue weighted by atomic mass is 10.2. The average Bonchev–Trinajstić information content (AvgIpc) is 2.37. The van der Waals surface area contributed by atoms with Crippen molar-refractivity contribution in [2.75, 3.05) is 32.7 Å². The standard InChI is InChI=1S/C13H17NO4/c1-3-6-17-12-5-4-10(9-11(12)14)13(15)18-8-7-16-2/h3-5,9H,1,6-8,14H2,2H3. The number of esters is 1. The highest BCUT2D eigenvalue weighted by atomic mass is 16.6. The molecule has 0 atom stereocenters. The van der Waals surface area contributed by atoms with E-state index in [4.69, 9.17) is 19.9 Å². The Morgan fingerprint density at radius 1 is 1.44 bits per heavy atom. The minimum absolute atomic E-state index is 0.212. The Hall–Kier alpha value is -2.01. The van der Waals surface area contributed by atoms with Gasteiger partial charge in [-0.1, -0.05) is 12.7 Å². The molecule has 0 aliphatic heterocycles. The second-order valence-electron chi connectivity index (χ2n) is 3.48. The number of carbonyl (C=O) groups excluding carboxylic acids is 1. The molecule has 0 heterocycles. The van der Waals surface area contributed by atoms with E-state index in [0.717, 1.165) is 0 Å². The highest BCUT2D eigenvalue weighted by Gasteiger charge is 2.09. The zero-order chi connectivity index (χ0) is 13.4. The molecule has 0 bridgehead atoms. The average molecular weight is 251 g/mol. The van der Waals surface area contributed by atoms with Crippen LogP contribution in [0.1, 0.15) is 10.4 Å². The Bertz CT molecular complexity index is 417. The van der Waals surface area contributed by atoms with Crippen molar-refractivity contribution in [3.63, 3.8) is 0 Å². The number of hydrogen-bond acceptors (Lipinski definition) is 5. The van der Waals surface area contributed by atoms with Crippen molar-refractivity contribution < 1.29 is 19.0 Å². The van der Waals surface area contributed by atoms with Gasteiger partial charge in [0, 0.05) is 7.11 Å². The van der Waals surface area contributed by atoms with Gasteiger partial charge in [0.2, 0.25) is 0 Å². The molecule has 0 saturated heterocycles. The lowest BCUT2D eigenvalue weighted by Gasteiger charge is -2.09. The van der Waals surface area contributed by atoms with E-state index in [9.17, 15) is 4.79 Å². The van der Waals surface area contributed by atoms with Crippen LogP contribution >= 0.6 is 0 Å². The molecular weight excluding hydrogens is 234 g/mol. The van der Waals surface area contributed by atoms with Crippen LogP contribution in [0.4, 0.5) is 5.69 Å². The molecule has 1 rings (SSSR count). The van der Waals surface area contributed by atoms with E-state index in [-0.39, 0.29) is 6.61 Å². The monoisotopic (exact) mass is 251 g/mol. The highest BCUT2D eigenvalue weighted by molar-refractivity contribution is 5.91. The van der Waals surface area contributed by atoms with Gasteiger partial charge < -0.3 is 19.9 Å². The summed E-state index contributed by atoms with van der Waals surface area (Å²) in [5, 5.41) is 0. The lowest BCUT2D eigenvalue weighted by Crippen LogP contribution is -2.10. The molecule has 0 aliphatic carbocycles. The Kier molecular flexibility index (Phi) is 5.73. The number of carbonyl (C=O) groups is 1. The van der Waals surface area contributed by atoms with Crippen LogP contribution in [0.5, 0.6) is 5.75 Å². The Balaban J connectivity index is 2.65. The fraction of sp³-hybridized carbons (Fsp3) is 0.308. The minimum atomic E-state index is -0.436. The molecule has 98 valence electrons. The number of ether oxygens (including phenoxy) is 3. The van der Waals surface area contributed by atoms with Crippen LogP contribution in [0, 0.1) is 0 Å². The molecule has 1 aromatic rings.